The molecule has 1 fully saturated rings. The Bertz CT molecular complexity index is 1000. The van der Waals surface area contributed by atoms with Crippen molar-refractivity contribution in [3.05, 3.63) is 47.3 Å². The fourth-order valence-corrected chi connectivity index (χ4v) is 4.26. The molecule has 3 N–H and O–H groups in total. The zero-order chi connectivity index (χ0) is 21.5. The van der Waals surface area contributed by atoms with Gasteiger partial charge in [0.2, 0.25) is 5.91 Å². The Labute approximate surface area is 175 Å². The average Bonchev–Trinajstić information content (AvgIpc) is 3.05. The molecular weight excluding hydrogens is 382 g/mol. The normalized spacial score (nSPS) is 20.6. The highest BCUT2D eigenvalue weighted by Crippen LogP contribution is 2.41. The molecule has 1 aliphatic heterocycles. The highest BCUT2D eigenvalue weighted by atomic mass is 16.5. The van der Waals surface area contributed by atoms with Crippen molar-refractivity contribution in [2.24, 2.45) is 5.41 Å². The van der Waals surface area contributed by atoms with Gasteiger partial charge in [0, 0.05) is 23.7 Å². The Kier molecular flexibility index (Phi) is 4.97. The minimum Gasteiger partial charge on any atom is -0.365 e. The van der Waals surface area contributed by atoms with Crippen molar-refractivity contribution in [1.82, 2.24) is 15.3 Å². The van der Waals surface area contributed by atoms with Crippen LogP contribution in [-0.2, 0) is 17.6 Å². The van der Waals surface area contributed by atoms with E-state index in [2.05, 4.69) is 20.6 Å². The third-order valence-electron chi connectivity index (χ3n) is 5.79. The first-order valence-electron chi connectivity index (χ1n) is 10.2. The van der Waals surface area contributed by atoms with Crippen LogP contribution in [0.5, 0.6) is 0 Å². The van der Waals surface area contributed by atoms with Crippen molar-refractivity contribution in [1.29, 1.82) is 0 Å². The summed E-state index contributed by atoms with van der Waals surface area (Å²) in [6.45, 7) is 6.70. The topological polar surface area (TPSA) is 107 Å². The molecule has 2 heterocycles. The number of rotatable bonds is 3. The van der Waals surface area contributed by atoms with Crippen LogP contribution in [0.15, 0.2) is 30.6 Å². The first kappa shape index (κ1) is 20.3. The van der Waals surface area contributed by atoms with Crippen LogP contribution in [0.1, 0.15) is 55.1 Å². The number of hydrogen-bond acceptors (Lipinski definition) is 6. The second-order valence-electron chi connectivity index (χ2n) is 9.20. The van der Waals surface area contributed by atoms with Crippen LogP contribution in [0, 0.1) is 5.41 Å². The predicted molar refractivity (Wildman–Crippen MR) is 113 cm³/mol. The van der Waals surface area contributed by atoms with Gasteiger partial charge in [-0.05, 0) is 69.7 Å². The number of nitrogens with one attached hydrogen (secondary N) is 2. The third-order valence-corrected chi connectivity index (χ3v) is 5.79. The maximum absolute atomic E-state index is 12.9. The molecule has 30 heavy (non-hydrogen) atoms. The molecule has 4 rings (SSSR count). The number of hydroxylamine groups is 1. The summed E-state index contributed by atoms with van der Waals surface area (Å²) in [7, 11) is 0. The van der Waals surface area contributed by atoms with Crippen LogP contribution in [0.4, 0.5) is 11.6 Å². The summed E-state index contributed by atoms with van der Waals surface area (Å²) in [4.78, 5) is 33.3. The van der Waals surface area contributed by atoms with Gasteiger partial charge in [-0.25, -0.2) is 9.97 Å². The standard InChI is InChI=1S/C22H27N5O3/c1-21(2,3)26-17-11-18(25-13-24-17)27(30)19(28)15-4-5-16-12-22(7-6-14(16)10-15)8-9-23-20(22)29/h4-5,10-11,13,30H,6-9,12H2,1-3H3,(H,23,29)(H,24,25,26)/t22-/m0/s1. The fourth-order valence-electron chi connectivity index (χ4n) is 4.26. The van der Waals surface area contributed by atoms with Gasteiger partial charge < -0.3 is 10.6 Å². The summed E-state index contributed by atoms with van der Waals surface area (Å²) < 4.78 is 0. The minimum atomic E-state index is -0.558. The molecule has 158 valence electrons. The van der Waals surface area contributed by atoms with Gasteiger partial charge in [0.25, 0.3) is 5.91 Å². The Morgan fingerprint density at radius 2 is 2.00 bits per heavy atom. The highest BCUT2D eigenvalue weighted by molar-refractivity contribution is 6.04. The molecule has 1 saturated heterocycles. The van der Waals surface area contributed by atoms with E-state index in [9.17, 15) is 14.8 Å². The summed E-state index contributed by atoms with van der Waals surface area (Å²) in [6, 6.07) is 6.95. The maximum Gasteiger partial charge on any atom is 0.283 e. The van der Waals surface area contributed by atoms with Crippen molar-refractivity contribution in [2.75, 3.05) is 16.9 Å². The molecule has 2 amide bonds. The van der Waals surface area contributed by atoms with Crippen LogP contribution in [-0.4, -0.2) is 39.1 Å². The van der Waals surface area contributed by atoms with Gasteiger partial charge >= 0.3 is 0 Å². The van der Waals surface area contributed by atoms with Crippen LogP contribution >= 0.6 is 0 Å². The van der Waals surface area contributed by atoms with Gasteiger partial charge in [-0.1, -0.05) is 6.07 Å². The average molecular weight is 409 g/mol. The SMILES string of the molecule is CC(C)(C)Nc1cc(N(O)C(=O)c2ccc3c(c2)CC[C@]2(CCNC2=O)C3)ncn1. The van der Waals surface area contributed by atoms with Gasteiger partial charge in [0.1, 0.15) is 12.1 Å². The van der Waals surface area contributed by atoms with Crippen molar-refractivity contribution in [3.8, 4) is 0 Å². The monoisotopic (exact) mass is 409 g/mol. The Morgan fingerprint density at radius 3 is 2.70 bits per heavy atom. The summed E-state index contributed by atoms with van der Waals surface area (Å²) in [6.07, 6.45) is 4.37. The van der Waals surface area contributed by atoms with Crippen molar-refractivity contribution in [3.63, 3.8) is 0 Å². The first-order valence-corrected chi connectivity index (χ1v) is 10.2. The number of hydrogen-bond donors (Lipinski definition) is 3. The second kappa shape index (κ2) is 7.36. The number of anilines is 2. The van der Waals surface area contributed by atoms with E-state index in [1.807, 2.05) is 32.9 Å². The molecule has 1 atom stereocenters. The maximum atomic E-state index is 12.9. The summed E-state index contributed by atoms with van der Waals surface area (Å²) in [5, 5.41) is 17.2. The number of aryl methyl sites for hydroxylation is 1. The quantitative estimate of drug-likeness (QED) is 0.531. The molecule has 1 spiro atoms. The molecule has 1 aromatic heterocycles. The molecule has 2 aliphatic rings. The van der Waals surface area contributed by atoms with Crippen molar-refractivity contribution in [2.45, 2.75) is 52.0 Å². The number of carbonyl (C=O) groups excluding carboxylic acids is 2. The van der Waals surface area contributed by atoms with Gasteiger partial charge in [0.05, 0.1) is 5.41 Å². The van der Waals surface area contributed by atoms with E-state index in [0.717, 1.165) is 36.9 Å². The lowest BCUT2D eigenvalue weighted by Crippen LogP contribution is -2.36. The molecule has 1 aliphatic carbocycles. The Balaban J connectivity index is 1.53. The van der Waals surface area contributed by atoms with Gasteiger partial charge in [-0.2, -0.15) is 5.06 Å². The van der Waals surface area contributed by atoms with E-state index >= 15 is 0 Å². The molecule has 0 radical (unpaired) electrons. The molecule has 0 unspecified atom stereocenters. The van der Waals surface area contributed by atoms with E-state index in [4.69, 9.17) is 0 Å². The fraction of sp³-hybridized carbons (Fsp3) is 0.455. The van der Waals surface area contributed by atoms with Gasteiger partial charge in [-0.3, -0.25) is 14.8 Å². The lowest BCUT2D eigenvalue weighted by atomic mass is 9.70. The number of amides is 2. The molecule has 8 heteroatoms. The van der Waals surface area contributed by atoms with Crippen LogP contribution in [0.2, 0.25) is 0 Å². The zero-order valence-electron chi connectivity index (χ0n) is 17.5. The van der Waals surface area contributed by atoms with E-state index in [0.29, 0.717) is 22.9 Å². The summed E-state index contributed by atoms with van der Waals surface area (Å²) in [5.41, 5.74) is 2.00. The van der Waals surface area contributed by atoms with E-state index in [-0.39, 0.29) is 22.7 Å². The first-order chi connectivity index (χ1) is 14.2. The van der Waals surface area contributed by atoms with Gasteiger partial charge in [0.15, 0.2) is 5.82 Å². The van der Waals surface area contributed by atoms with E-state index < -0.39 is 5.91 Å². The Hall–Kier alpha value is -3.00. The van der Waals surface area contributed by atoms with Crippen molar-refractivity contribution >= 4 is 23.5 Å². The number of fused-ring (bicyclic) bond motifs is 1. The number of carbonyl (C=O) groups is 2. The minimum absolute atomic E-state index is 0.0982. The number of nitrogens with zero attached hydrogens (tertiary/aromatic N) is 3. The zero-order valence-corrected chi connectivity index (χ0v) is 17.5. The summed E-state index contributed by atoms with van der Waals surface area (Å²) in [5.74, 6) is 0.196. The predicted octanol–water partition coefficient (Wildman–Crippen LogP) is 2.72. The molecule has 0 bridgehead atoms. The van der Waals surface area contributed by atoms with E-state index in [1.54, 1.807) is 6.07 Å². The lowest BCUT2D eigenvalue weighted by molar-refractivity contribution is -0.128. The molecule has 0 saturated carbocycles. The molecule has 8 nitrogen and oxygen atoms in total. The molecule has 2 aromatic rings. The lowest BCUT2D eigenvalue weighted by Gasteiger charge is -2.32. The number of aromatic nitrogens is 2. The van der Waals surface area contributed by atoms with Crippen molar-refractivity contribution < 1.29 is 14.8 Å². The van der Waals surface area contributed by atoms with Crippen LogP contribution in [0.3, 0.4) is 0 Å². The third kappa shape index (κ3) is 3.87. The largest absolute Gasteiger partial charge is 0.365 e. The van der Waals surface area contributed by atoms with Crippen LogP contribution < -0.4 is 15.7 Å². The molecule has 1 aromatic carbocycles. The smallest absolute Gasteiger partial charge is 0.283 e. The van der Waals surface area contributed by atoms with E-state index in [1.165, 1.54) is 12.4 Å². The number of benzene rings is 1. The highest BCUT2D eigenvalue weighted by Gasteiger charge is 2.44. The van der Waals surface area contributed by atoms with Gasteiger partial charge in [-0.15, -0.1) is 0 Å². The summed E-state index contributed by atoms with van der Waals surface area (Å²) >= 11 is 0. The van der Waals surface area contributed by atoms with Crippen LogP contribution in [0.25, 0.3) is 0 Å². The molecular formula is C22H27N5O3. The second-order valence-corrected chi connectivity index (χ2v) is 9.20. The Morgan fingerprint density at radius 1 is 1.20 bits per heavy atom.